The number of piperazine rings is 1. The molecule has 14 heavy (non-hydrogen) atoms. The third-order valence-electron chi connectivity index (χ3n) is 3.77. The van der Waals surface area contributed by atoms with Crippen molar-refractivity contribution in [2.75, 3.05) is 52.9 Å². The molecule has 0 bridgehead atoms. The Morgan fingerprint density at radius 3 is 2.43 bits per heavy atom. The number of nitrogens with one attached hydrogen (secondary N) is 1. The summed E-state index contributed by atoms with van der Waals surface area (Å²) >= 11 is 0. The van der Waals surface area contributed by atoms with E-state index in [0.29, 0.717) is 0 Å². The number of hydrogen-bond acceptors (Lipinski definition) is 3. The molecule has 2 fully saturated rings. The van der Waals surface area contributed by atoms with Gasteiger partial charge in [-0.3, -0.25) is 0 Å². The van der Waals surface area contributed by atoms with Crippen molar-refractivity contribution >= 4 is 0 Å². The van der Waals surface area contributed by atoms with Crippen LogP contribution < -0.4 is 5.32 Å². The van der Waals surface area contributed by atoms with E-state index in [-0.39, 0.29) is 0 Å². The fourth-order valence-electron chi connectivity index (χ4n) is 2.47. The molecule has 0 aromatic heterocycles. The van der Waals surface area contributed by atoms with Gasteiger partial charge in [-0.05, 0) is 32.0 Å². The summed E-state index contributed by atoms with van der Waals surface area (Å²) in [4.78, 5) is 5.06. The lowest BCUT2D eigenvalue weighted by atomic mass is 9.97. The molecule has 0 aliphatic carbocycles. The van der Waals surface area contributed by atoms with Gasteiger partial charge in [0.2, 0.25) is 0 Å². The van der Waals surface area contributed by atoms with E-state index in [4.69, 9.17) is 0 Å². The van der Waals surface area contributed by atoms with Crippen molar-refractivity contribution in [3.8, 4) is 0 Å². The maximum atomic E-state index is 3.48. The van der Waals surface area contributed by atoms with Crippen molar-refractivity contribution in [2.45, 2.75) is 6.92 Å². The van der Waals surface area contributed by atoms with Gasteiger partial charge in [-0.15, -0.1) is 0 Å². The maximum Gasteiger partial charge on any atom is 0.0110 e. The molecule has 0 spiro atoms. The molecule has 3 heteroatoms. The summed E-state index contributed by atoms with van der Waals surface area (Å²) in [5, 5.41) is 3.48. The first-order valence-corrected chi connectivity index (χ1v) is 5.87. The highest BCUT2D eigenvalue weighted by molar-refractivity contribution is 4.82. The van der Waals surface area contributed by atoms with Gasteiger partial charge in [0.15, 0.2) is 0 Å². The van der Waals surface area contributed by atoms with Gasteiger partial charge in [0.1, 0.15) is 0 Å². The molecule has 0 amide bonds. The van der Waals surface area contributed by atoms with E-state index < -0.39 is 0 Å². The van der Waals surface area contributed by atoms with Crippen LogP contribution in [-0.2, 0) is 0 Å². The zero-order valence-corrected chi connectivity index (χ0v) is 9.50. The molecule has 2 saturated heterocycles. The van der Waals surface area contributed by atoms with Crippen LogP contribution in [0.15, 0.2) is 0 Å². The molecule has 2 aliphatic rings. The quantitative estimate of drug-likeness (QED) is 0.677. The van der Waals surface area contributed by atoms with E-state index >= 15 is 0 Å². The Hall–Kier alpha value is -0.120. The fraction of sp³-hybridized carbons (Fsp3) is 1.00. The van der Waals surface area contributed by atoms with Gasteiger partial charge < -0.3 is 15.1 Å². The average molecular weight is 197 g/mol. The highest BCUT2D eigenvalue weighted by Crippen LogP contribution is 2.17. The lowest BCUT2D eigenvalue weighted by Crippen LogP contribution is -2.46. The van der Waals surface area contributed by atoms with Gasteiger partial charge in [-0.1, -0.05) is 6.92 Å². The number of nitrogens with zero attached hydrogens (tertiary/aromatic N) is 2. The largest absolute Gasteiger partial charge is 0.316 e. The molecule has 82 valence electrons. The van der Waals surface area contributed by atoms with E-state index in [9.17, 15) is 0 Å². The highest BCUT2D eigenvalue weighted by atomic mass is 15.2. The first kappa shape index (κ1) is 10.4. The molecule has 2 unspecified atom stereocenters. The molecular weight excluding hydrogens is 174 g/mol. The summed E-state index contributed by atoms with van der Waals surface area (Å²) in [6, 6.07) is 0. The smallest absolute Gasteiger partial charge is 0.0110 e. The minimum Gasteiger partial charge on any atom is -0.316 e. The summed E-state index contributed by atoms with van der Waals surface area (Å²) in [5.74, 6) is 1.76. The molecule has 2 rings (SSSR count). The number of rotatable bonds is 2. The predicted molar refractivity (Wildman–Crippen MR) is 59.5 cm³/mol. The van der Waals surface area contributed by atoms with E-state index in [1.54, 1.807) is 0 Å². The third-order valence-corrected chi connectivity index (χ3v) is 3.77. The van der Waals surface area contributed by atoms with Gasteiger partial charge >= 0.3 is 0 Å². The molecule has 2 aliphatic heterocycles. The van der Waals surface area contributed by atoms with Crippen LogP contribution in [0.5, 0.6) is 0 Å². The Morgan fingerprint density at radius 1 is 1.14 bits per heavy atom. The van der Waals surface area contributed by atoms with Crippen molar-refractivity contribution in [1.82, 2.24) is 15.1 Å². The Labute approximate surface area is 87.4 Å². The van der Waals surface area contributed by atoms with Crippen LogP contribution in [0, 0.1) is 11.8 Å². The molecular formula is C11H23N3. The van der Waals surface area contributed by atoms with Crippen LogP contribution in [0.1, 0.15) is 6.92 Å². The second kappa shape index (κ2) is 4.60. The van der Waals surface area contributed by atoms with Crippen LogP contribution in [0.25, 0.3) is 0 Å². The molecule has 0 saturated carbocycles. The van der Waals surface area contributed by atoms with E-state index in [0.717, 1.165) is 11.8 Å². The van der Waals surface area contributed by atoms with Gasteiger partial charge in [-0.2, -0.15) is 0 Å². The van der Waals surface area contributed by atoms with Crippen molar-refractivity contribution in [3.05, 3.63) is 0 Å². The Balaban J connectivity index is 1.74. The van der Waals surface area contributed by atoms with E-state index in [1.165, 1.54) is 45.8 Å². The second-order valence-corrected chi connectivity index (χ2v) is 5.00. The maximum absolute atomic E-state index is 3.48. The topological polar surface area (TPSA) is 18.5 Å². The third kappa shape index (κ3) is 2.47. The monoisotopic (exact) mass is 197 g/mol. The Kier molecular flexibility index (Phi) is 3.42. The first-order valence-electron chi connectivity index (χ1n) is 5.87. The zero-order chi connectivity index (χ0) is 9.97. The van der Waals surface area contributed by atoms with Gasteiger partial charge in [0, 0.05) is 32.7 Å². The Morgan fingerprint density at radius 2 is 1.86 bits per heavy atom. The van der Waals surface area contributed by atoms with E-state index in [2.05, 4.69) is 29.1 Å². The van der Waals surface area contributed by atoms with Crippen LogP contribution in [-0.4, -0.2) is 62.7 Å². The lowest BCUT2D eigenvalue weighted by Gasteiger charge is -2.34. The molecule has 2 heterocycles. The van der Waals surface area contributed by atoms with Crippen molar-refractivity contribution in [3.63, 3.8) is 0 Å². The molecule has 1 N–H and O–H groups in total. The summed E-state index contributed by atoms with van der Waals surface area (Å²) in [6.07, 6.45) is 0. The minimum absolute atomic E-state index is 0.870. The second-order valence-electron chi connectivity index (χ2n) is 5.00. The van der Waals surface area contributed by atoms with E-state index in [1.807, 2.05) is 0 Å². The first-order chi connectivity index (χ1) is 6.75. The van der Waals surface area contributed by atoms with Crippen molar-refractivity contribution in [1.29, 1.82) is 0 Å². The zero-order valence-electron chi connectivity index (χ0n) is 9.50. The van der Waals surface area contributed by atoms with Gasteiger partial charge in [-0.25, -0.2) is 0 Å². The van der Waals surface area contributed by atoms with Crippen LogP contribution in [0.2, 0.25) is 0 Å². The summed E-state index contributed by atoms with van der Waals surface area (Å²) in [6.45, 7) is 11.1. The highest BCUT2D eigenvalue weighted by Gasteiger charge is 2.26. The van der Waals surface area contributed by atoms with Crippen LogP contribution in [0.3, 0.4) is 0 Å². The molecule has 0 aromatic carbocycles. The summed E-state index contributed by atoms with van der Waals surface area (Å²) in [5.41, 5.74) is 0. The summed E-state index contributed by atoms with van der Waals surface area (Å²) < 4.78 is 0. The molecule has 0 radical (unpaired) electrons. The Bertz CT molecular complexity index is 175. The van der Waals surface area contributed by atoms with Crippen molar-refractivity contribution in [2.24, 2.45) is 11.8 Å². The van der Waals surface area contributed by atoms with Crippen LogP contribution >= 0.6 is 0 Å². The standard InChI is InChI=1S/C11H23N3/c1-10-7-12-8-11(10)9-14-5-3-13(2)4-6-14/h10-12H,3-9H2,1-2H3. The normalized spacial score (nSPS) is 36.4. The molecule has 3 nitrogen and oxygen atoms in total. The SMILES string of the molecule is CC1CNCC1CN1CCN(C)CC1. The number of hydrogen-bond donors (Lipinski definition) is 1. The molecule has 2 atom stereocenters. The average Bonchev–Trinajstić information content (AvgIpc) is 2.56. The van der Waals surface area contributed by atoms with Gasteiger partial charge in [0.05, 0.1) is 0 Å². The fourth-order valence-corrected chi connectivity index (χ4v) is 2.47. The molecule has 0 aromatic rings. The summed E-state index contributed by atoms with van der Waals surface area (Å²) in [7, 11) is 2.22. The minimum atomic E-state index is 0.870. The lowest BCUT2D eigenvalue weighted by molar-refractivity contribution is 0.131. The predicted octanol–water partition coefficient (Wildman–Crippen LogP) is 0.0893. The van der Waals surface area contributed by atoms with Crippen molar-refractivity contribution < 1.29 is 0 Å². The van der Waals surface area contributed by atoms with Gasteiger partial charge in [0.25, 0.3) is 0 Å². The van der Waals surface area contributed by atoms with Crippen LogP contribution in [0.4, 0.5) is 0 Å². The number of likely N-dealkylation sites (N-methyl/N-ethyl adjacent to an activating group) is 1.